The van der Waals surface area contributed by atoms with E-state index in [-0.39, 0.29) is 11.6 Å². The molecule has 1 fully saturated rings. The summed E-state index contributed by atoms with van der Waals surface area (Å²) in [5, 5.41) is 14.3. The van der Waals surface area contributed by atoms with Crippen LogP contribution in [0.3, 0.4) is 0 Å². The Morgan fingerprint density at radius 2 is 1.85 bits per heavy atom. The van der Waals surface area contributed by atoms with E-state index < -0.39 is 16.4 Å². The molecular formula is C17H21FN6O2. The summed E-state index contributed by atoms with van der Waals surface area (Å²) in [5.41, 5.74) is 5.94. The zero-order valence-corrected chi connectivity index (χ0v) is 14.6. The van der Waals surface area contributed by atoms with Crippen molar-refractivity contribution in [1.29, 1.82) is 0 Å². The third-order valence-electron chi connectivity index (χ3n) is 4.34. The van der Waals surface area contributed by atoms with Gasteiger partial charge in [0.25, 0.3) is 0 Å². The second-order valence-corrected chi connectivity index (χ2v) is 6.85. The molecule has 0 saturated carbocycles. The lowest BCUT2D eigenvalue weighted by atomic mass is 9.92. The Morgan fingerprint density at radius 1 is 1.23 bits per heavy atom. The zero-order valence-electron chi connectivity index (χ0n) is 14.6. The van der Waals surface area contributed by atoms with E-state index >= 15 is 0 Å². The molecular weight excluding hydrogens is 339 g/mol. The van der Waals surface area contributed by atoms with Crippen LogP contribution in [0.2, 0.25) is 0 Å². The van der Waals surface area contributed by atoms with Crippen LogP contribution in [0, 0.1) is 27.8 Å². The van der Waals surface area contributed by atoms with Crippen molar-refractivity contribution in [1.82, 2.24) is 9.97 Å². The molecule has 138 valence electrons. The largest absolute Gasteiger partial charge is 0.378 e. The maximum atomic E-state index is 13.1. The van der Waals surface area contributed by atoms with Gasteiger partial charge in [-0.15, -0.1) is 0 Å². The van der Waals surface area contributed by atoms with Crippen molar-refractivity contribution in [3.63, 3.8) is 0 Å². The summed E-state index contributed by atoms with van der Waals surface area (Å²) < 4.78 is 13.1. The van der Waals surface area contributed by atoms with Gasteiger partial charge in [-0.05, 0) is 42.5 Å². The number of hydrogen-bond donors (Lipinski definition) is 2. The van der Waals surface area contributed by atoms with Gasteiger partial charge in [-0.25, -0.2) is 4.39 Å². The summed E-state index contributed by atoms with van der Waals surface area (Å²) in [4.78, 5) is 21.3. The SMILES string of the molecule is C[C@H]1C[C@H](C)CN(c2nc(N)c([N+](=O)[O-])c(Nc3ccc(F)cc3)n2)C1. The van der Waals surface area contributed by atoms with Gasteiger partial charge in [-0.3, -0.25) is 10.1 Å². The molecule has 0 bridgehead atoms. The number of nitrogens with two attached hydrogens (primary N) is 1. The fourth-order valence-corrected chi connectivity index (χ4v) is 3.36. The molecule has 0 amide bonds. The minimum atomic E-state index is -0.619. The number of benzene rings is 1. The first-order valence-corrected chi connectivity index (χ1v) is 8.43. The third-order valence-corrected chi connectivity index (χ3v) is 4.34. The topological polar surface area (TPSA) is 110 Å². The van der Waals surface area contributed by atoms with Gasteiger partial charge in [-0.2, -0.15) is 9.97 Å². The fraction of sp³-hybridized carbons (Fsp3) is 0.412. The minimum Gasteiger partial charge on any atom is -0.378 e. The van der Waals surface area contributed by atoms with Gasteiger partial charge in [0.05, 0.1) is 4.92 Å². The summed E-state index contributed by atoms with van der Waals surface area (Å²) in [6, 6.07) is 5.46. The van der Waals surface area contributed by atoms with Crippen LogP contribution in [0.1, 0.15) is 20.3 Å². The van der Waals surface area contributed by atoms with Crippen molar-refractivity contribution in [3.8, 4) is 0 Å². The Balaban J connectivity index is 1.99. The number of piperidine rings is 1. The summed E-state index contributed by atoms with van der Waals surface area (Å²) >= 11 is 0. The zero-order chi connectivity index (χ0) is 18.8. The Kier molecular flexibility index (Phi) is 4.88. The number of nitrogens with one attached hydrogen (secondary N) is 1. The molecule has 0 radical (unpaired) electrons. The second-order valence-electron chi connectivity index (χ2n) is 6.85. The lowest BCUT2D eigenvalue weighted by Crippen LogP contribution is -2.39. The first-order chi connectivity index (χ1) is 12.3. The lowest BCUT2D eigenvalue weighted by molar-refractivity contribution is -0.383. The van der Waals surface area contributed by atoms with E-state index in [1.807, 2.05) is 4.90 Å². The van der Waals surface area contributed by atoms with Gasteiger partial charge in [0, 0.05) is 18.8 Å². The quantitative estimate of drug-likeness (QED) is 0.635. The summed E-state index contributed by atoms with van der Waals surface area (Å²) in [6.07, 6.45) is 1.11. The Labute approximate surface area is 150 Å². The van der Waals surface area contributed by atoms with Gasteiger partial charge in [0.1, 0.15) is 5.82 Å². The van der Waals surface area contributed by atoms with Crippen LogP contribution >= 0.6 is 0 Å². The number of aromatic nitrogens is 2. The van der Waals surface area contributed by atoms with Gasteiger partial charge in [0.2, 0.25) is 17.6 Å². The number of halogens is 1. The number of nitro groups is 1. The lowest BCUT2D eigenvalue weighted by Gasteiger charge is -2.35. The van der Waals surface area contributed by atoms with E-state index in [0.29, 0.717) is 23.5 Å². The highest BCUT2D eigenvalue weighted by molar-refractivity contribution is 5.74. The van der Waals surface area contributed by atoms with Crippen LogP contribution in [0.15, 0.2) is 24.3 Å². The van der Waals surface area contributed by atoms with Crippen LogP contribution < -0.4 is 16.0 Å². The molecule has 9 heteroatoms. The van der Waals surface area contributed by atoms with Gasteiger partial charge >= 0.3 is 5.69 Å². The first kappa shape index (κ1) is 17.8. The molecule has 2 atom stereocenters. The normalized spacial score (nSPS) is 20.0. The molecule has 0 spiro atoms. The smallest absolute Gasteiger partial charge is 0.353 e. The molecule has 1 aromatic heterocycles. The Bertz CT molecular complexity index is 804. The standard InChI is InChI=1S/C17H21FN6O2/c1-10-7-11(2)9-23(8-10)17-21-15(19)14(24(25)26)16(22-17)20-13-5-3-12(18)4-6-13/h3-6,10-11H,7-9H2,1-2H3,(H3,19,20,21,22)/t10-,11-/m0/s1. The Morgan fingerprint density at radius 3 is 2.42 bits per heavy atom. The average molecular weight is 360 g/mol. The van der Waals surface area contributed by atoms with Crippen molar-refractivity contribution in [3.05, 3.63) is 40.2 Å². The van der Waals surface area contributed by atoms with Gasteiger partial charge in [-0.1, -0.05) is 13.8 Å². The highest BCUT2D eigenvalue weighted by Gasteiger charge is 2.28. The van der Waals surface area contributed by atoms with Gasteiger partial charge < -0.3 is 16.0 Å². The fourth-order valence-electron chi connectivity index (χ4n) is 3.36. The predicted molar refractivity (Wildman–Crippen MR) is 97.9 cm³/mol. The van der Waals surface area contributed by atoms with E-state index in [0.717, 1.165) is 19.5 Å². The highest BCUT2D eigenvalue weighted by Crippen LogP contribution is 2.33. The molecule has 3 N–H and O–H groups in total. The third kappa shape index (κ3) is 3.81. The molecule has 3 rings (SSSR count). The van der Waals surface area contributed by atoms with Crippen LogP contribution in [-0.4, -0.2) is 28.0 Å². The van der Waals surface area contributed by atoms with Crippen molar-refractivity contribution in [2.24, 2.45) is 11.8 Å². The number of nitrogens with zero attached hydrogens (tertiary/aromatic N) is 4. The molecule has 1 saturated heterocycles. The van der Waals surface area contributed by atoms with E-state index in [2.05, 4.69) is 29.1 Å². The second kappa shape index (κ2) is 7.11. The minimum absolute atomic E-state index is 0.00464. The number of rotatable bonds is 4. The van der Waals surface area contributed by atoms with E-state index in [9.17, 15) is 14.5 Å². The van der Waals surface area contributed by atoms with E-state index in [1.165, 1.54) is 24.3 Å². The molecule has 2 aromatic rings. The first-order valence-electron chi connectivity index (χ1n) is 8.43. The van der Waals surface area contributed by atoms with E-state index in [1.54, 1.807) is 0 Å². The predicted octanol–water partition coefficient (Wildman–Crippen LogP) is 3.33. The molecule has 1 aliphatic rings. The number of nitrogen functional groups attached to an aromatic ring is 1. The number of hydrogen-bond acceptors (Lipinski definition) is 7. The highest BCUT2D eigenvalue weighted by atomic mass is 19.1. The van der Waals surface area contributed by atoms with Crippen LogP contribution in [0.25, 0.3) is 0 Å². The van der Waals surface area contributed by atoms with Gasteiger partial charge in [0.15, 0.2) is 0 Å². The average Bonchev–Trinajstić information content (AvgIpc) is 2.55. The van der Waals surface area contributed by atoms with Crippen LogP contribution in [0.5, 0.6) is 0 Å². The Hall–Kier alpha value is -2.97. The molecule has 26 heavy (non-hydrogen) atoms. The maximum Gasteiger partial charge on any atom is 0.353 e. The summed E-state index contributed by atoms with van der Waals surface area (Å²) in [6.45, 7) is 5.82. The molecule has 0 aliphatic carbocycles. The van der Waals surface area contributed by atoms with Crippen LogP contribution in [-0.2, 0) is 0 Å². The molecule has 1 aromatic carbocycles. The monoisotopic (exact) mass is 360 g/mol. The van der Waals surface area contributed by atoms with Crippen molar-refractivity contribution < 1.29 is 9.31 Å². The molecule has 1 aliphatic heterocycles. The molecule has 2 heterocycles. The van der Waals surface area contributed by atoms with Crippen LogP contribution in [0.4, 0.5) is 33.3 Å². The summed E-state index contributed by atoms with van der Waals surface area (Å²) in [7, 11) is 0. The maximum absolute atomic E-state index is 13.1. The van der Waals surface area contributed by atoms with Crippen molar-refractivity contribution in [2.75, 3.05) is 29.0 Å². The molecule has 8 nitrogen and oxygen atoms in total. The van der Waals surface area contributed by atoms with E-state index in [4.69, 9.17) is 5.73 Å². The van der Waals surface area contributed by atoms with Crippen molar-refractivity contribution >= 4 is 29.0 Å². The van der Waals surface area contributed by atoms with Crippen molar-refractivity contribution in [2.45, 2.75) is 20.3 Å². The number of anilines is 4. The summed E-state index contributed by atoms with van der Waals surface area (Å²) in [5.74, 6) is 0.686. The molecule has 0 unspecified atom stereocenters.